The van der Waals surface area contributed by atoms with Crippen LogP contribution in [0, 0.1) is 79.8 Å². The minimum absolute atomic E-state index is 0.501. The molecule has 1 rings (SSSR count). The molecular formula is C81H141Cl9GeO3Si7. The molecule has 0 spiro atoms. The summed E-state index contributed by atoms with van der Waals surface area (Å²) in [5.74, 6) is 25.2. The van der Waals surface area contributed by atoms with Gasteiger partial charge in [-0.1, -0.05) is 224 Å². The molecule has 20 heteroatoms. The van der Waals surface area contributed by atoms with Gasteiger partial charge in [-0.25, -0.2) is 0 Å². The molecule has 0 amide bonds. The van der Waals surface area contributed by atoms with Crippen LogP contribution in [0.3, 0.4) is 0 Å². The summed E-state index contributed by atoms with van der Waals surface area (Å²) in [5.41, 5.74) is 22.9. The maximum absolute atomic E-state index is 5.90. The van der Waals surface area contributed by atoms with Gasteiger partial charge >= 0.3 is 184 Å². The van der Waals surface area contributed by atoms with Gasteiger partial charge in [0.1, 0.15) is 24.2 Å². The van der Waals surface area contributed by atoms with Gasteiger partial charge in [-0.2, -0.15) is 0 Å². The number of halogens is 9. The molecule has 0 atom stereocenters. The maximum Gasteiger partial charge on any atom is 0.341 e. The third-order valence-electron chi connectivity index (χ3n) is 20.2. The van der Waals surface area contributed by atoms with Gasteiger partial charge in [0.25, 0.3) is 0 Å². The molecule has 0 aliphatic heterocycles. The van der Waals surface area contributed by atoms with Gasteiger partial charge < -0.3 is 0 Å². The summed E-state index contributed by atoms with van der Waals surface area (Å²) >= 11 is 50.3. The molecule has 0 aromatic heterocycles. The summed E-state index contributed by atoms with van der Waals surface area (Å²) in [5, 5.41) is 0. The standard InChI is InChI=1S/C22H43Cl3Si2.C21H36GeO3Si.C19H25Cl3Si2.C19H37Cl3Si2/c1-20(2)26(21(3)4,22(5)6)18-16-14-12-10-8-7-9-11-13-15-17-19-27(23,24)25;1-10-23-26(24-11-2,25-12-3)18-16-14-13-15-17-22(19(4)5,20(6)7)21(8)9;1-15(2)23(16(3)4,17(5)6)13-11-18-7-9-19(10-8-18)12-14-24(20,21)22;1-4-23(5-2,6-3)18-16-14-12-10-8-7-9-11-13-15-17-19-24(20,21)22/h20-22H,7-15,17,19H2,1-6H3;19-21H,10-12H2,1-9H3;7-10,15-17H,1-6H3;4-15,17,19H2,1-3H3. The summed E-state index contributed by atoms with van der Waals surface area (Å²) in [4.78, 5) is 0. The molecule has 0 radical (unpaired) electrons. The van der Waals surface area contributed by atoms with Crippen LogP contribution in [-0.4, -0.2) is 84.1 Å². The Morgan fingerprint density at radius 1 is 0.337 bits per heavy atom. The van der Waals surface area contributed by atoms with E-state index in [0.717, 1.165) is 65.5 Å². The van der Waals surface area contributed by atoms with E-state index in [1.807, 2.05) is 45.0 Å². The van der Waals surface area contributed by atoms with Gasteiger partial charge in [0.2, 0.25) is 0 Å². The molecule has 578 valence electrons. The third-order valence-corrected chi connectivity index (χ3v) is 59.7. The van der Waals surface area contributed by atoms with E-state index in [1.165, 1.54) is 121 Å². The molecule has 0 saturated heterocycles. The Bertz CT molecular complexity index is 2710. The van der Waals surface area contributed by atoms with Crippen LogP contribution in [0.4, 0.5) is 0 Å². The Balaban J connectivity index is -0.00000127. The van der Waals surface area contributed by atoms with Crippen molar-refractivity contribution in [1.29, 1.82) is 0 Å². The summed E-state index contributed by atoms with van der Waals surface area (Å²) < 4.78 is 22.6. The van der Waals surface area contributed by atoms with Crippen LogP contribution in [0.5, 0.6) is 0 Å². The Kier molecular flexibility index (Phi) is 61.4. The quantitative estimate of drug-likeness (QED) is 0.0284. The number of hydrogen-bond acceptors (Lipinski definition) is 3. The Labute approximate surface area is 677 Å². The fourth-order valence-electron chi connectivity index (χ4n) is 14.4. The minimum atomic E-state index is -2.95. The number of benzene rings is 1. The van der Waals surface area contributed by atoms with Crippen molar-refractivity contribution in [3.05, 3.63) is 35.4 Å². The average Bonchev–Trinajstić information content (AvgIpc) is 0.819. The molecule has 101 heavy (non-hydrogen) atoms. The molecule has 1 aromatic carbocycles. The van der Waals surface area contributed by atoms with E-state index in [-0.39, 0.29) is 0 Å². The monoisotopic (exact) mass is 1750 g/mol. The van der Waals surface area contributed by atoms with Crippen molar-refractivity contribution in [2.45, 2.75) is 372 Å². The van der Waals surface area contributed by atoms with Crippen molar-refractivity contribution in [3.63, 3.8) is 0 Å². The summed E-state index contributed by atoms with van der Waals surface area (Å²) in [6.07, 6.45) is 25.4. The summed E-state index contributed by atoms with van der Waals surface area (Å²) in [7, 11) is -7.38. The van der Waals surface area contributed by atoms with E-state index in [0.29, 0.717) is 50.7 Å². The smallest absolute Gasteiger partial charge is 0.131 e. The van der Waals surface area contributed by atoms with Crippen LogP contribution in [-0.2, 0) is 13.3 Å². The molecule has 0 saturated carbocycles. The van der Waals surface area contributed by atoms with Gasteiger partial charge in [-0.15, -0.1) is 128 Å². The van der Waals surface area contributed by atoms with Gasteiger partial charge in [-0.3, -0.25) is 0 Å². The predicted molar refractivity (Wildman–Crippen MR) is 482 cm³/mol. The second-order valence-electron chi connectivity index (χ2n) is 29.9. The molecule has 0 fully saturated rings. The van der Waals surface area contributed by atoms with Crippen LogP contribution >= 0.6 is 99.7 Å². The Morgan fingerprint density at radius 3 is 0.911 bits per heavy atom. The number of hydrogen-bond donors (Lipinski definition) is 0. The first-order chi connectivity index (χ1) is 47.1. The second kappa shape index (κ2) is 58.6. The number of unbranched alkanes of at least 4 members (excludes halogenated alkanes) is 18. The number of rotatable bonds is 40. The molecular weight excluding hydrogens is 1610 g/mol. The first-order valence-electron chi connectivity index (χ1n) is 39.0. The zero-order chi connectivity index (χ0) is 78.0. The van der Waals surface area contributed by atoms with Crippen LogP contribution in [0.25, 0.3) is 0 Å². The largest absolute Gasteiger partial charge is 0.341 e. The van der Waals surface area contributed by atoms with E-state index in [4.69, 9.17) is 113 Å². The minimum Gasteiger partial charge on any atom is -0.131 e. The molecule has 0 aliphatic rings. The average molecular weight is 1750 g/mol. The van der Waals surface area contributed by atoms with E-state index in [1.54, 1.807) is 0 Å². The molecule has 0 bridgehead atoms. The topological polar surface area (TPSA) is 27.7 Å². The van der Waals surface area contributed by atoms with E-state index < -0.39 is 64.3 Å². The Morgan fingerprint density at radius 2 is 0.624 bits per heavy atom. The molecule has 0 N–H and O–H groups in total. The van der Waals surface area contributed by atoms with Crippen molar-refractivity contribution in [3.8, 4) is 79.8 Å². The summed E-state index contributed by atoms with van der Waals surface area (Å²) in [6.45, 7) is 56.4. The van der Waals surface area contributed by atoms with Crippen LogP contribution < -0.4 is 0 Å². The molecule has 1 aromatic rings. The first-order valence-corrected chi connectivity index (χ1v) is 68.0. The van der Waals surface area contributed by atoms with Gasteiger partial charge in [-0.05, 0) is 101 Å². The van der Waals surface area contributed by atoms with Gasteiger partial charge in [0.05, 0.1) is 0 Å². The van der Waals surface area contributed by atoms with Crippen LogP contribution in [0.15, 0.2) is 24.3 Å². The maximum atomic E-state index is 5.90. The normalized spacial score (nSPS) is 12.1. The second-order valence-corrected chi connectivity index (χ2v) is 86.6. The molecule has 3 nitrogen and oxygen atoms in total. The van der Waals surface area contributed by atoms with Crippen molar-refractivity contribution < 1.29 is 13.3 Å². The zero-order valence-electron chi connectivity index (χ0n) is 67.9. The molecule has 0 aliphatic carbocycles. The van der Waals surface area contributed by atoms with E-state index in [2.05, 4.69) is 225 Å². The van der Waals surface area contributed by atoms with E-state index >= 15 is 0 Å². The Hall–Kier alpha value is 0.691. The van der Waals surface area contributed by atoms with Crippen LogP contribution in [0.1, 0.15) is 306 Å². The predicted octanol–water partition coefficient (Wildman–Crippen LogP) is 30.0. The van der Waals surface area contributed by atoms with Gasteiger partial charge in [0, 0.05) is 24.0 Å². The fourth-order valence-corrected chi connectivity index (χ4v) is 44.5. The summed E-state index contributed by atoms with van der Waals surface area (Å²) in [6, 6.07) is 5.80. The van der Waals surface area contributed by atoms with Crippen molar-refractivity contribution in [1.82, 2.24) is 0 Å². The fraction of sp³-hybridized carbons (Fsp3) is 0.753. The van der Waals surface area contributed by atoms with Gasteiger partial charge in [0.15, 0.2) is 0 Å². The van der Waals surface area contributed by atoms with Crippen LogP contribution in [0.2, 0.25) is 77.7 Å². The molecule has 0 heterocycles. The third kappa shape index (κ3) is 46.8. The van der Waals surface area contributed by atoms with E-state index in [9.17, 15) is 0 Å². The van der Waals surface area contributed by atoms with Crippen molar-refractivity contribution in [2.75, 3.05) is 19.8 Å². The van der Waals surface area contributed by atoms with Crippen molar-refractivity contribution in [2.24, 2.45) is 0 Å². The molecule has 0 unspecified atom stereocenters. The first kappa shape index (κ1) is 106. The zero-order valence-corrected chi connectivity index (χ0v) is 83.8. The van der Waals surface area contributed by atoms with Crippen molar-refractivity contribution >= 4 is 164 Å². The SMILES string of the molecule is CC(C)[Si](C#CCCCCCCCCCCC[Si](Cl)(Cl)Cl)(C(C)C)C(C)C.CC(C)[Si](C#Cc1ccc(C#C[Si](Cl)(Cl)Cl)cc1)(C(C)C)C(C)C.CCO[Si](C#CC#CC#[C][Ge]([CH](C)C)([CH](C)C)[CH](C)C)(OCC)OCC.CC[Si](C#CCCCCCCCCCCC[Si](Cl)(Cl)Cl)(CC)CC.